The lowest BCUT2D eigenvalue weighted by atomic mass is 10.2. The van der Waals surface area contributed by atoms with Crippen molar-refractivity contribution in [1.82, 2.24) is 30.0 Å². The van der Waals surface area contributed by atoms with Crippen LogP contribution in [0.1, 0.15) is 19.7 Å². The van der Waals surface area contributed by atoms with Crippen LogP contribution >= 0.6 is 0 Å². The summed E-state index contributed by atoms with van der Waals surface area (Å²) in [5, 5.41) is 18.8. The van der Waals surface area contributed by atoms with Crippen molar-refractivity contribution in [3.05, 3.63) is 28.4 Å². The molecule has 0 bridgehead atoms. The van der Waals surface area contributed by atoms with E-state index in [1.54, 1.807) is 13.2 Å². The maximum atomic E-state index is 11.9. The van der Waals surface area contributed by atoms with Crippen molar-refractivity contribution < 1.29 is 0 Å². The predicted molar refractivity (Wildman–Crippen MR) is 69.7 cm³/mol. The maximum absolute atomic E-state index is 11.9. The van der Waals surface area contributed by atoms with Gasteiger partial charge >= 0.3 is 0 Å². The summed E-state index contributed by atoms with van der Waals surface area (Å²) < 4.78 is 1.30. The van der Waals surface area contributed by atoms with Crippen LogP contribution in [-0.2, 0) is 13.6 Å². The minimum atomic E-state index is -0.193. The molecule has 0 amide bonds. The van der Waals surface area contributed by atoms with Gasteiger partial charge in [-0.15, -0.1) is 10.2 Å². The lowest BCUT2D eigenvalue weighted by Gasteiger charge is -2.08. The van der Waals surface area contributed by atoms with Gasteiger partial charge in [-0.25, -0.2) is 4.68 Å². The van der Waals surface area contributed by atoms with E-state index in [0.717, 1.165) is 12.2 Å². The molecule has 2 rings (SSSR count). The van der Waals surface area contributed by atoms with Crippen molar-refractivity contribution >= 4 is 5.69 Å². The first kappa shape index (κ1) is 13.2. The molecule has 0 saturated heterocycles. The van der Waals surface area contributed by atoms with Gasteiger partial charge in [0.15, 0.2) is 5.82 Å². The highest BCUT2D eigenvalue weighted by molar-refractivity contribution is 5.38. The number of tetrazole rings is 1. The summed E-state index contributed by atoms with van der Waals surface area (Å²) in [7, 11) is 1.67. The van der Waals surface area contributed by atoms with Crippen molar-refractivity contribution in [2.45, 2.75) is 20.4 Å². The molecule has 0 atom stereocenters. The lowest BCUT2D eigenvalue weighted by Crippen LogP contribution is -2.24. The molecule has 0 aliphatic carbocycles. The third-order valence-corrected chi connectivity index (χ3v) is 2.42. The van der Waals surface area contributed by atoms with Crippen LogP contribution in [0.5, 0.6) is 0 Å². The van der Waals surface area contributed by atoms with E-state index in [1.807, 2.05) is 0 Å². The number of hydrogen-bond acceptors (Lipinski definition) is 6. The van der Waals surface area contributed by atoms with E-state index in [4.69, 9.17) is 0 Å². The summed E-state index contributed by atoms with van der Waals surface area (Å²) >= 11 is 0. The van der Waals surface area contributed by atoms with Crippen LogP contribution in [0.3, 0.4) is 0 Å². The van der Waals surface area contributed by atoms with Gasteiger partial charge in [0.25, 0.3) is 5.56 Å². The zero-order chi connectivity index (χ0) is 13.8. The molecule has 8 heteroatoms. The zero-order valence-corrected chi connectivity index (χ0v) is 11.2. The zero-order valence-electron chi connectivity index (χ0n) is 11.2. The van der Waals surface area contributed by atoms with Crippen LogP contribution in [0.4, 0.5) is 5.69 Å². The number of rotatable bonds is 5. The Balaban J connectivity index is 2.09. The van der Waals surface area contributed by atoms with Gasteiger partial charge in [0.05, 0.1) is 18.9 Å². The number of aromatic nitrogens is 6. The highest BCUT2D eigenvalue weighted by Gasteiger charge is 2.05. The monoisotopic (exact) mass is 263 g/mol. The largest absolute Gasteiger partial charge is 0.383 e. The number of aryl methyl sites for hydroxylation is 1. The van der Waals surface area contributed by atoms with Crippen LogP contribution in [-0.4, -0.2) is 36.5 Å². The first-order valence-electron chi connectivity index (χ1n) is 6.08. The molecule has 8 nitrogen and oxygen atoms in total. The fraction of sp³-hybridized carbons (Fsp3) is 0.545. The minimum Gasteiger partial charge on any atom is -0.383 e. The van der Waals surface area contributed by atoms with Gasteiger partial charge in [-0.05, 0) is 11.1 Å². The van der Waals surface area contributed by atoms with Crippen LogP contribution in [0.15, 0.2) is 17.1 Å². The van der Waals surface area contributed by atoms with E-state index in [0.29, 0.717) is 11.7 Å². The molecule has 0 unspecified atom stereocenters. The first-order valence-corrected chi connectivity index (χ1v) is 6.08. The quantitative estimate of drug-likeness (QED) is 0.809. The van der Waals surface area contributed by atoms with Crippen molar-refractivity contribution in [1.29, 1.82) is 0 Å². The van der Waals surface area contributed by atoms with Crippen molar-refractivity contribution in [3.63, 3.8) is 0 Å². The predicted octanol–water partition coefficient (Wildman–Crippen LogP) is -0.117. The normalized spacial score (nSPS) is 10.9. The smallest absolute Gasteiger partial charge is 0.269 e. The minimum absolute atomic E-state index is 0.193. The molecule has 0 aromatic carbocycles. The molecule has 102 valence electrons. The summed E-state index contributed by atoms with van der Waals surface area (Å²) in [4.78, 5) is 13.2. The second-order valence-corrected chi connectivity index (χ2v) is 4.71. The van der Waals surface area contributed by atoms with Crippen molar-refractivity contribution in [2.24, 2.45) is 13.0 Å². The Kier molecular flexibility index (Phi) is 3.88. The first-order chi connectivity index (χ1) is 9.04. The second kappa shape index (κ2) is 5.59. The molecule has 2 heterocycles. The fourth-order valence-electron chi connectivity index (χ4n) is 1.49. The van der Waals surface area contributed by atoms with E-state index < -0.39 is 0 Å². The Morgan fingerprint density at radius 1 is 1.42 bits per heavy atom. The highest BCUT2D eigenvalue weighted by atomic mass is 16.1. The number of anilines is 1. The van der Waals surface area contributed by atoms with Gasteiger partial charge in [0.1, 0.15) is 6.54 Å². The molecule has 0 fully saturated rings. The topological polar surface area (TPSA) is 90.5 Å². The molecule has 0 saturated carbocycles. The van der Waals surface area contributed by atoms with Crippen LogP contribution in [0.2, 0.25) is 0 Å². The highest BCUT2D eigenvalue weighted by Crippen LogP contribution is 2.02. The van der Waals surface area contributed by atoms with E-state index in [9.17, 15) is 4.79 Å². The number of nitrogens with one attached hydrogen (secondary N) is 1. The average Bonchev–Trinajstić information content (AvgIpc) is 2.75. The van der Waals surface area contributed by atoms with Crippen LogP contribution in [0, 0.1) is 5.92 Å². The molecule has 0 aliphatic rings. The third-order valence-electron chi connectivity index (χ3n) is 2.42. The number of nitrogens with zero attached hydrogens (tertiary/aromatic N) is 6. The van der Waals surface area contributed by atoms with Gasteiger partial charge in [-0.2, -0.15) is 9.90 Å². The Morgan fingerprint density at radius 3 is 2.79 bits per heavy atom. The summed E-state index contributed by atoms with van der Waals surface area (Å²) in [6.07, 6.45) is 1.63. The van der Waals surface area contributed by atoms with Gasteiger partial charge in [-0.3, -0.25) is 4.79 Å². The molecule has 0 radical (unpaired) electrons. The molecule has 2 aromatic heterocycles. The average molecular weight is 263 g/mol. The third kappa shape index (κ3) is 3.60. The van der Waals surface area contributed by atoms with Crippen LogP contribution in [0.25, 0.3) is 0 Å². The molecular formula is C11H17N7O. The summed E-state index contributed by atoms with van der Waals surface area (Å²) in [6, 6.07) is 1.52. The standard InChI is InChI=1S/C11H17N7O/c1-8(2)5-12-9-4-11(19)18(13-6-9)7-10-14-16-17(3)15-10/h4,6,8,12H,5,7H2,1-3H3. The van der Waals surface area contributed by atoms with E-state index in [-0.39, 0.29) is 12.1 Å². The van der Waals surface area contributed by atoms with Crippen LogP contribution < -0.4 is 10.9 Å². The van der Waals surface area contributed by atoms with Gasteiger partial charge < -0.3 is 5.32 Å². The number of hydrogen-bond donors (Lipinski definition) is 1. The van der Waals surface area contributed by atoms with Gasteiger partial charge in [-0.1, -0.05) is 13.8 Å². The van der Waals surface area contributed by atoms with Gasteiger partial charge in [0.2, 0.25) is 0 Å². The van der Waals surface area contributed by atoms with E-state index >= 15 is 0 Å². The fourth-order valence-corrected chi connectivity index (χ4v) is 1.49. The molecule has 0 spiro atoms. The van der Waals surface area contributed by atoms with Gasteiger partial charge in [0, 0.05) is 12.6 Å². The molecule has 1 N–H and O–H groups in total. The Morgan fingerprint density at radius 2 is 2.21 bits per heavy atom. The SMILES string of the molecule is CC(C)CNc1cnn(Cc2nnn(C)n2)c(=O)c1. The Labute approximate surface area is 110 Å². The molecule has 2 aromatic rings. The van der Waals surface area contributed by atoms with Crippen molar-refractivity contribution in [3.8, 4) is 0 Å². The Hall–Kier alpha value is -2.25. The van der Waals surface area contributed by atoms with Crippen molar-refractivity contribution in [2.75, 3.05) is 11.9 Å². The second-order valence-electron chi connectivity index (χ2n) is 4.71. The lowest BCUT2D eigenvalue weighted by molar-refractivity contribution is 0.600. The van der Waals surface area contributed by atoms with E-state index in [2.05, 4.69) is 39.7 Å². The molecule has 0 aliphatic heterocycles. The summed E-state index contributed by atoms with van der Waals surface area (Å²) in [6.45, 7) is 5.22. The Bertz CT molecular complexity index is 601. The maximum Gasteiger partial charge on any atom is 0.269 e. The molecule has 19 heavy (non-hydrogen) atoms. The van der Waals surface area contributed by atoms with E-state index in [1.165, 1.54) is 15.5 Å². The molecular weight excluding hydrogens is 246 g/mol. The summed E-state index contributed by atoms with van der Waals surface area (Å²) in [5.41, 5.74) is 0.531. The summed E-state index contributed by atoms with van der Waals surface area (Å²) in [5.74, 6) is 0.964.